The third-order valence-corrected chi connectivity index (χ3v) is 2.29. The lowest BCUT2D eigenvalue weighted by Crippen LogP contribution is -1.48. The fourth-order valence-electron chi connectivity index (χ4n) is 0.470. The molecular weight excluding hydrogens is 104 g/mol. The summed E-state index contributed by atoms with van der Waals surface area (Å²) in [5.41, 5.74) is 0. The van der Waals surface area contributed by atoms with Gasteiger partial charge < -0.3 is 0 Å². The maximum Gasteiger partial charge on any atom is -0.0422 e. The Bertz CT molecular complexity index is 110. The zero-order valence-corrected chi connectivity index (χ0v) is 4.94. The van der Waals surface area contributed by atoms with Gasteiger partial charge in [-0.05, 0) is 16.2 Å². The van der Waals surface area contributed by atoms with Crippen LogP contribution in [0.3, 0.4) is 0 Å². The second kappa shape index (κ2) is 2.03. The molecule has 0 aromatic rings. The Labute approximate surface area is 46.6 Å². The highest BCUT2D eigenvalue weighted by molar-refractivity contribution is 8.24. The van der Waals surface area contributed by atoms with Crippen LogP contribution in [0.4, 0.5) is 0 Å². The van der Waals surface area contributed by atoms with Crippen molar-refractivity contribution in [2.24, 2.45) is 0 Å². The largest absolute Gasteiger partial charge is 0.193 e. The van der Waals surface area contributed by atoms with Crippen LogP contribution in [0, 0.1) is 0 Å². The summed E-state index contributed by atoms with van der Waals surface area (Å²) in [5, 5.41) is 6.32. The summed E-state index contributed by atoms with van der Waals surface area (Å²) in [4.78, 5) is 0. The van der Waals surface area contributed by atoms with Gasteiger partial charge in [-0.1, -0.05) is 18.7 Å². The molecule has 0 spiro atoms. The predicted molar refractivity (Wildman–Crippen MR) is 37.5 cm³/mol. The SMILES string of the molecule is C=C[SH]1C=CC=C1. The van der Waals surface area contributed by atoms with E-state index in [4.69, 9.17) is 0 Å². The molecule has 1 rings (SSSR count). The average Bonchev–Trinajstić information content (AvgIpc) is 2.14. The molecule has 1 heteroatoms. The van der Waals surface area contributed by atoms with Crippen molar-refractivity contribution in [1.29, 1.82) is 0 Å². The fraction of sp³-hybridized carbons (Fsp3) is 0. The topological polar surface area (TPSA) is 0 Å². The second-order valence-electron chi connectivity index (χ2n) is 1.31. The lowest BCUT2D eigenvalue weighted by molar-refractivity contribution is 2.15. The molecule has 0 bridgehead atoms. The van der Waals surface area contributed by atoms with Crippen LogP contribution in [0.1, 0.15) is 0 Å². The van der Waals surface area contributed by atoms with Crippen molar-refractivity contribution in [2.75, 3.05) is 0 Å². The van der Waals surface area contributed by atoms with Gasteiger partial charge in [0.1, 0.15) is 0 Å². The average molecular weight is 112 g/mol. The van der Waals surface area contributed by atoms with E-state index in [1.54, 1.807) is 0 Å². The molecule has 0 saturated heterocycles. The molecule has 0 aliphatic carbocycles. The highest BCUT2D eigenvalue weighted by Gasteiger charge is 1.87. The van der Waals surface area contributed by atoms with Crippen molar-refractivity contribution in [1.82, 2.24) is 0 Å². The first-order valence-corrected chi connectivity index (χ1v) is 3.73. The van der Waals surface area contributed by atoms with Crippen molar-refractivity contribution >= 4 is 10.9 Å². The van der Waals surface area contributed by atoms with E-state index >= 15 is 0 Å². The maximum atomic E-state index is 3.67. The van der Waals surface area contributed by atoms with Crippen molar-refractivity contribution in [2.45, 2.75) is 0 Å². The first-order chi connectivity index (χ1) is 3.43. The van der Waals surface area contributed by atoms with Crippen LogP contribution in [-0.2, 0) is 0 Å². The van der Waals surface area contributed by atoms with Gasteiger partial charge in [-0.15, -0.1) is 0 Å². The fourth-order valence-corrected chi connectivity index (χ4v) is 1.41. The Morgan fingerprint density at radius 1 is 1.29 bits per heavy atom. The molecule has 38 valence electrons. The number of thiol groups is 1. The van der Waals surface area contributed by atoms with Crippen LogP contribution in [0.25, 0.3) is 0 Å². The van der Waals surface area contributed by atoms with E-state index in [1.807, 2.05) is 5.41 Å². The molecule has 0 aromatic carbocycles. The number of hydrogen-bond acceptors (Lipinski definition) is 0. The summed E-state index contributed by atoms with van der Waals surface area (Å²) in [6.07, 6.45) is 4.13. The van der Waals surface area contributed by atoms with E-state index in [-0.39, 0.29) is 10.9 Å². The summed E-state index contributed by atoms with van der Waals surface area (Å²) in [5.74, 6) is 0. The third kappa shape index (κ3) is 0.967. The lowest BCUT2D eigenvalue weighted by atomic mass is 10.6. The van der Waals surface area contributed by atoms with E-state index in [0.717, 1.165) is 0 Å². The molecule has 0 nitrogen and oxygen atoms in total. The minimum Gasteiger partial charge on any atom is -0.193 e. The van der Waals surface area contributed by atoms with Crippen LogP contribution >= 0.6 is 10.9 Å². The molecular formula is C6H8S. The number of rotatable bonds is 1. The van der Waals surface area contributed by atoms with Gasteiger partial charge in [0.05, 0.1) is 0 Å². The Hall–Kier alpha value is -0.430. The van der Waals surface area contributed by atoms with E-state index in [9.17, 15) is 0 Å². The normalized spacial score (nSPS) is 20.9. The van der Waals surface area contributed by atoms with E-state index in [1.165, 1.54) is 0 Å². The highest BCUT2D eigenvalue weighted by Crippen LogP contribution is 2.32. The molecule has 1 heterocycles. The van der Waals surface area contributed by atoms with Crippen LogP contribution in [-0.4, -0.2) is 0 Å². The van der Waals surface area contributed by atoms with E-state index in [0.29, 0.717) is 0 Å². The summed E-state index contributed by atoms with van der Waals surface area (Å²) in [7, 11) is -0.0401. The Balaban J connectivity index is 2.59. The minimum atomic E-state index is -0.0401. The molecule has 0 unspecified atom stereocenters. The van der Waals surface area contributed by atoms with Gasteiger partial charge in [0, 0.05) is 0 Å². The molecule has 0 N–H and O–H groups in total. The molecule has 0 radical (unpaired) electrons. The number of hydrogen-bond donors (Lipinski definition) is 1. The standard InChI is InChI=1S/C6H8S/c1-2-7-5-3-4-6-7/h2-7H,1H2. The van der Waals surface area contributed by atoms with Crippen molar-refractivity contribution in [3.8, 4) is 0 Å². The van der Waals surface area contributed by atoms with E-state index < -0.39 is 0 Å². The van der Waals surface area contributed by atoms with Crippen LogP contribution in [0.15, 0.2) is 35.0 Å². The predicted octanol–water partition coefficient (Wildman–Crippen LogP) is 2.17. The van der Waals surface area contributed by atoms with Gasteiger partial charge in [0.25, 0.3) is 0 Å². The molecule has 1 aliphatic rings. The molecule has 7 heavy (non-hydrogen) atoms. The van der Waals surface area contributed by atoms with Crippen LogP contribution in [0.5, 0.6) is 0 Å². The van der Waals surface area contributed by atoms with Gasteiger partial charge in [-0.2, -0.15) is 10.9 Å². The van der Waals surface area contributed by atoms with Gasteiger partial charge in [0.15, 0.2) is 0 Å². The summed E-state index contributed by atoms with van der Waals surface area (Å²) >= 11 is 0. The first-order valence-electron chi connectivity index (χ1n) is 2.18. The first kappa shape index (κ1) is 4.72. The van der Waals surface area contributed by atoms with Crippen molar-refractivity contribution < 1.29 is 0 Å². The minimum absolute atomic E-state index is 0.0401. The smallest absolute Gasteiger partial charge is 0.0422 e. The van der Waals surface area contributed by atoms with E-state index in [2.05, 4.69) is 29.5 Å². The Kier molecular flexibility index (Phi) is 1.37. The summed E-state index contributed by atoms with van der Waals surface area (Å²) in [6, 6.07) is 0. The zero-order valence-electron chi connectivity index (χ0n) is 4.04. The second-order valence-corrected chi connectivity index (χ2v) is 3.17. The molecule has 0 amide bonds. The maximum absolute atomic E-state index is 3.67. The molecule has 0 saturated carbocycles. The van der Waals surface area contributed by atoms with Gasteiger partial charge in [0.2, 0.25) is 0 Å². The molecule has 0 fully saturated rings. The van der Waals surface area contributed by atoms with Crippen molar-refractivity contribution in [3.63, 3.8) is 0 Å². The highest BCUT2D eigenvalue weighted by atomic mass is 32.2. The van der Waals surface area contributed by atoms with Gasteiger partial charge >= 0.3 is 0 Å². The van der Waals surface area contributed by atoms with Crippen LogP contribution < -0.4 is 0 Å². The molecule has 0 aromatic heterocycles. The number of allylic oxidation sites excluding steroid dienone is 2. The van der Waals surface area contributed by atoms with Gasteiger partial charge in [-0.25, -0.2) is 0 Å². The quantitative estimate of drug-likeness (QED) is 0.494. The molecule has 0 atom stereocenters. The lowest BCUT2D eigenvalue weighted by Gasteiger charge is -1.95. The van der Waals surface area contributed by atoms with Crippen LogP contribution in [0.2, 0.25) is 0 Å². The summed E-state index contributed by atoms with van der Waals surface area (Å²) in [6.45, 7) is 3.67. The molecule has 1 aliphatic heterocycles. The zero-order chi connectivity index (χ0) is 5.11. The third-order valence-electron chi connectivity index (χ3n) is 0.838. The Morgan fingerprint density at radius 3 is 2.14 bits per heavy atom. The monoisotopic (exact) mass is 112 g/mol. The summed E-state index contributed by atoms with van der Waals surface area (Å²) < 4.78 is 0. The van der Waals surface area contributed by atoms with Gasteiger partial charge in [-0.3, -0.25) is 0 Å². The Morgan fingerprint density at radius 2 is 1.86 bits per heavy atom. The van der Waals surface area contributed by atoms with Crippen molar-refractivity contribution in [3.05, 3.63) is 35.0 Å².